The van der Waals surface area contributed by atoms with Crippen LogP contribution in [0.25, 0.3) is 0 Å². The highest BCUT2D eigenvalue weighted by molar-refractivity contribution is 5.67. The van der Waals surface area contributed by atoms with Crippen LogP contribution >= 0.6 is 0 Å². The quantitative estimate of drug-likeness (QED) is 0.698. The second kappa shape index (κ2) is 3.03. The molecule has 2 aliphatic rings. The first-order valence-electron chi connectivity index (χ1n) is 5.91. The SMILES string of the molecule is CC(=O)OC1c2ccccc2OC2(C)CC12C. The molecular weight excluding hydrogens is 216 g/mol. The monoisotopic (exact) mass is 232 g/mol. The molecule has 3 rings (SSSR count). The van der Waals surface area contributed by atoms with Crippen molar-refractivity contribution in [3.8, 4) is 5.75 Å². The van der Waals surface area contributed by atoms with Crippen molar-refractivity contribution >= 4 is 5.97 Å². The number of hydrogen-bond donors (Lipinski definition) is 0. The van der Waals surface area contributed by atoms with Crippen LogP contribution in [0.4, 0.5) is 0 Å². The van der Waals surface area contributed by atoms with Gasteiger partial charge in [-0.15, -0.1) is 0 Å². The maximum Gasteiger partial charge on any atom is 0.303 e. The van der Waals surface area contributed by atoms with Gasteiger partial charge in [-0.3, -0.25) is 4.79 Å². The molecular formula is C14H16O3. The minimum atomic E-state index is -0.234. The Kier molecular flexibility index (Phi) is 1.90. The summed E-state index contributed by atoms with van der Waals surface area (Å²) in [5.74, 6) is 0.610. The number of para-hydroxylation sites is 1. The number of ether oxygens (including phenoxy) is 2. The average molecular weight is 232 g/mol. The highest BCUT2D eigenvalue weighted by Crippen LogP contribution is 2.69. The predicted octanol–water partition coefficient (Wildman–Crippen LogP) is 2.85. The molecule has 0 radical (unpaired) electrons. The number of esters is 1. The number of carbonyl (C=O) groups is 1. The van der Waals surface area contributed by atoms with E-state index in [1.165, 1.54) is 6.92 Å². The Labute approximate surface area is 101 Å². The lowest BCUT2D eigenvalue weighted by Crippen LogP contribution is -2.33. The van der Waals surface area contributed by atoms with E-state index in [0.29, 0.717) is 0 Å². The maximum absolute atomic E-state index is 11.3. The van der Waals surface area contributed by atoms with Gasteiger partial charge in [0.2, 0.25) is 0 Å². The normalized spacial score (nSPS) is 37.5. The summed E-state index contributed by atoms with van der Waals surface area (Å²) in [4.78, 5) is 11.3. The highest BCUT2D eigenvalue weighted by Gasteiger charge is 2.71. The molecule has 1 aromatic rings. The van der Waals surface area contributed by atoms with Gasteiger partial charge < -0.3 is 9.47 Å². The van der Waals surface area contributed by atoms with Crippen LogP contribution in [0.2, 0.25) is 0 Å². The molecule has 0 N–H and O–H groups in total. The maximum atomic E-state index is 11.3. The fourth-order valence-electron chi connectivity index (χ4n) is 2.91. The fraction of sp³-hybridized carbons (Fsp3) is 0.500. The molecule has 1 heterocycles. The Morgan fingerprint density at radius 1 is 1.41 bits per heavy atom. The summed E-state index contributed by atoms with van der Waals surface area (Å²) < 4.78 is 11.5. The average Bonchev–Trinajstić information content (AvgIpc) is 2.80. The second-order valence-electron chi connectivity index (χ2n) is 5.45. The van der Waals surface area contributed by atoms with Gasteiger partial charge in [-0.1, -0.05) is 25.1 Å². The first-order valence-corrected chi connectivity index (χ1v) is 5.91. The van der Waals surface area contributed by atoms with Crippen molar-refractivity contribution in [1.82, 2.24) is 0 Å². The third kappa shape index (κ3) is 1.31. The van der Waals surface area contributed by atoms with E-state index in [9.17, 15) is 4.79 Å². The van der Waals surface area contributed by atoms with Crippen molar-refractivity contribution in [2.24, 2.45) is 5.41 Å². The van der Waals surface area contributed by atoms with E-state index in [4.69, 9.17) is 9.47 Å². The molecule has 0 saturated heterocycles. The van der Waals surface area contributed by atoms with Gasteiger partial charge >= 0.3 is 5.97 Å². The molecule has 1 aliphatic carbocycles. The van der Waals surface area contributed by atoms with Gasteiger partial charge in [-0.25, -0.2) is 0 Å². The van der Waals surface area contributed by atoms with Crippen LogP contribution in [0.15, 0.2) is 24.3 Å². The van der Waals surface area contributed by atoms with Crippen LogP contribution < -0.4 is 4.74 Å². The lowest BCUT2D eigenvalue weighted by Gasteiger charge is -2.34. The molecule has 0 aromatic heterocycles. The minimum absolute atomic E-state index is 0.0903. The Morgan fingerprint density at radius 2 is 2.12 bits per heavy atom. The van der Waals surface area contributed by atoms with Crippen LogP contribution in [0, 0.1) is 5.41 Å². The van der Waals surface area contributed by atoms with Crippen LogP contribution in [0.3, 0.4) is 0 Å². The van der Waals surface area contributed by atoms with E-state index in [1.54, 1.807) is 0 Å². The number of carbonyl (C=O) groups excluding carboxylic acids is 1. The molecule has 1 saturated carbocycles. The number of hydrogen-bond acceptors (Lipinski definition) is 3. The van der Waals surface area contributed by atoms with Crippen molar-refractivity contribution in [3.63, 3.8) is 0 Å². The van der Waals surface area contributed by atoms with E-state index in [-0.39, 0.29) is 23.1 Å². The molecule has 1 aliphatic heterocycles. The number of fused-ring (bicyclic) bond motifs is 2. The van der Waals surface area contributed by atoms with Gasteiger partial charge in [0.25, 0.3) is 0 Å². The van der Waals surface area contributed by atoms with E-state index in [2.05, 4.69) is 13.8 Å². The lowest BCUT2D eigenvalue weighted by molar-refractivity contribution is -0.153. The number of rotatable bonds is 1. The molecule has 3 nitrogen and oxygen atoms in total. The summed E-state index contributed by atoms with van der Waals surface area (Å²) in [5.41, 5.74) is 0.703. The predicted molar refractivity (Wildman–Crippen MR) is 62.7 cm³/mol. The smallest absolute Gasteiger partial charge is 0.303 e. The van der Waals surface area contributed by atoms with Crippen LogP contribution in [0.5, 0.6) is 5.75 Å². The summed E-state index contributed by atoms with van der Waals surface area (Å²) in [6, 6.07) is 7.81. The molecule has 1 fully saturated rings. The van der Waals surface area contributed by atoms with Crippen molar-refractivity contribution in [3.05, 3.63) is 29.8 Å². The van der Waals surface area contributed by atoms with Gasteiger partial charge in [0.1, 0.15) is 17.5 Å². The summed E-state index contributed by atoms with van der Waals surface area (Å²) in [6.07, 6.45) is 0.738. The van der Waals surface area contributed by atoms with Crippen LogP contribution in [-0.4, -0.2) is 11.6 Å². The van der Waals surface area contributed by atoms with E-state index < -0.39 is 0 Å². The Morgan fingerprint density at radius 3 is 2.82 bits per heavy atom. The zero-order valence-electron chi connectivity index (χ0n) is 10.3. The van der Waals surface area contributed by atoms with E-state index in [1.807, 2.05) is 24.3 Å². The van der Waals surface area contributed by atoms with E-state index in [0.717, 1.165) is 17.7 Å². The second-order valence-corrected chi connectivity index (χ2v) is 5.45. The third-order valence-electron chi connectivity index (χ3n) is 4.19. The molecule has 1 aromatic carbocycles. The molecule has 3 heteroatoms. The first-order chi connectivity index (χ1) is 7.96. The molecule has 3 unspecified atom stereocenters. The van der Waals surface area contributed by atoms with Crippen LogP contribution in [-0.2, 0) is 9.53 Å². The summed E-state index contributed by atoms with van der Waals surface area (Å²) in [5, 5.41) is 0. The van der Waals surface area contributed by atoms with Gasteiger partial charge in [-0.05, 0) is 13.0 Å². The molecule has 90 valence electrons. The van der Waals surface area contributed by atoms with Gasteiger partial charge in [0.05, 0.1) is 5.41 Å². The van der Waals surface area contributed by atoms with Gasteiger partial charge in [0, 0.05) is 18.9 Å². The van der Waals surface area contributed by atoms with Crippen molar-refractivity contribution in [1.29, 1.82) is 0 Å². The van der Waals surface area contributed by atoms with Crippen LogP contribution in [0.1, 0.15) is 38.9 Å². The minimum Gasteiger partial charge on any atom is -0.486 e. The van der Waals surface area contributed by atoms with Gasteiger partial charge in [0.15, 0.2) is 0 Å². The van der Waals surface area contributed by atoms with Crippen molar-refractivity contribution < 1.29 is 14.3 Å². The largest absolute Gasteiger partial charge is 0.486 e. The zero-order chi connectivity index (χ0) is 12.3. The van der Waals surface area contributed by atoms with Gasteiger partial charge in [-0.2, -0.15) is 0 Å². The molecule has 0 spiro atoms. The highest BCUT2D eigenvalue weighted by atomic mass is 16.6. The molecule has 3 atom stereocenters. The van der Waals surface area contributed by atoms with Crippen molar-refractivity contribution in [2.75, 3.05) is 0 Å². The third-order valence-corrected chi connectivity index (χ3v) is 4.19. The fourth-order valence-corrected chi connectivity index (χ4v) is 2.91. The molecule has 0 amide bonds. The standard InChI is InChI=1S/C14H16O3/c1-9(15)16-12-10-6-4-5-7-11(10)17-14(3)8-13(12,14)2/h4-7,12H,8H2,1-3H3. The van der Waals surface area contributed by atoms with E-state index >= 15 is 0 Å². The Balaban J connectivity index is 2.08. The number of benzene rings is 1. The lowest BCUT2D eigenvalue weighted by atomic mass is 9.88. The summed E-state index contributed by atoms with van der Waals surface area (Å²) in [6.45, 7) is 5.66. The molecule has 17 heavy (non-hydrogen) atoms. The van der Waals surface area contributed by atoms with Crippen molar-refractivity contribution in [2.45, 2.75) is 38.9 Å². The zero-order valence-corrected chi connectivity index (χ0v) is 10.3. The Hall–Kier alpha value is -1.51. The summed E-state index contributed by atoms with van der Waals surface area (Å²) >= 11 is 0. The Bertz CT molecular complexity index is 496. The first kappa shape index (κ1) is 10.6. The summed E-state index contributed by atoms with van der Waals surface area (Å²) in [7, 11) is 0. The molecule has 0 bridgehead atoms. The topological polar surface area (TPSA) is 35.5 Å².